The number of likely N-dealkylation sites (tertiary alicyclic amines) is 1. The molecule has 0 saturated carbocycles. The summed E-state index contributed by atoms with van der Waals surface area (Å²) in [6, 6.07) is 9.87. The Bertz CT molecular complexity index is 690. The summed E-state index contributed by atoms with van der Waals surface area (Å²) in [6.45, 7) is 1.05. The number of aliphatic hydroxyl groups excluding tert-OH is 1. The third kappa shape index (κ3) is 4.39. The van der Waals surface area contributed by atoms with E-state index < -0.39 is 6.10 Å². The number of carbonyl (C=O) groups excluding carboxylic acids is 1. The van der Waals surface area contributed by atoms with Gasteiger partial charge in [-0.3, -0.25) is 0 Å². The first-order chi connectivity index (χ1) is 12.1. The number of nitrogens with one attached hydrogen (secondary N) is 1. The second kappa shape index (κ2) is 8.16. The average Bonchev–Trinajstić information content (AvgIpc) is 3.28. The van der Waals surface area contributed by atoms with Crippen LogP contribution in [0.4, 0.5) is 9.18 Å². The fourth-order valence-electron chi connectivity index (χ4n) is 3.31. The first-order valence-corrected chi connectivity index (χ1v) is 8.64. The molecule has 0 bridgehead atoms. The van der Waals surface area contributed by atoms with Crippen molar-refractivity contribution in [3.63, 3.8) is 0 Å². The molecule has 1 aliphatic rings. The van der Waals surface area contributed by atoms with E-state index in [1.165, 1.54) is 12.3 Å². The standard InChI is InChI=1S/C19H23FN2O3/c20-16-7-2-1-5-14(16)9-10-21-19(24)22-11-3-6-15(22)13-17(23)18-8-4-12-25-18/h1-2,4-5,7-8,12,15,17,23H,3,6,9-11,13H2,(H,21,24). The topological polar surface area (TPSA) is 65.7 Å². The van der Waals surface area contributed by atoms with Gasteiger partial charge in [0.15, 0.2) is 0 Å². The lowest BCUT2D eigenvalue weighted by molar-refractivity contribution is 0.108. The molecule has 2 heterocycles. The Kier molecular flexibility index (Phi) is 5.71. The van der Waals surface area contributed by atoms with Crippen molar-refractivity contribution in [2.24, 2.45) is 0 Å². The second-order valence-electron chi connectivity index (χ2n) is 6.33. The highest BCUT2D eigenvalue weighted by Crippen LogP contribution is 2.27. The van der Waals surface area contributed by atoms with E-state index in [2.05, 4.69) is 5.32 Å². The Hall–Kier alpha value is -2.34. The van der Waals surface area contributed by atoms with Gasteiger partial charge in [0.2, 0.25) is 0 Å². The molecule has 6 heteroatoms. The van der Waals surface area contributed by atoms with Crippen molar-refractivity contribution < 1.29 is 18.7 Å². The van der Waals surface area contributed by atoms with Gasteiger partial charge in [-0.2, -0.15) is 0 Å². The van der Waals surface area contributed by atoms with E-state index in [1.807, 2.05) is 0 Å². The van der Waals surface area contributed by atoms with Crippen LogP contribution in [0.25, 0.3) is 0 Å². The van der Waals surface area contributed by atoms with Crippen molar-refractivity contribution >= 4 is 6.03 Å². The SMILES string of the molecule is O=C(NCCc1ccccc1F)N1CCCC1CC(O)c1ccco1. The summed E-state index contributed by atoms with van der Waals surface area (Å²) >= 11 is 0. The van der Waals surface area contributed by atoms with Crippen LogP contribution in [0, 0.1) is 5.82 Å². The summed E-state index contributed by atoms with van der Waals surface area (Å²) in [5.41, 5.74) is 0.592. The molecule has 0 aliphatic carbocycles. The number of hydrogen-bond donors (Lipinski definition) is 2. The number of furan rings is 1. The zero-order valence-corrected chi connectivity index (χ0v) is 14.0. The molecule has 2 unspecified atom stereocenters. The molecule has 0 radical (unpaired) electrons. The molecule has 5 nitrogen and oxygen atoms in total. The average molecular weight is 346 g/mol. The van der Waals surface area contributed by atoms with E-state index in [0.29, 0.717) is 37.3 Å². The van der Waals surface area contributed by atoms with Gasteiger partial charge in [0.05, 0.1) is 6.26 Å². The summed E-state index contributed by atoms with van der Waals surface area (Å²) < 4.78 is 18.8. The van der Waals surface area contributed by atoms with Crippen molar-refractivity contribution in [1.29, 1.82) is 0 Å². The van der Waals surface area contributed by atoms with Crippen LogP contribution < -0.4 is 5.32 Å². The number of hydrogen-bond acceptors (Lipinski definition) is 3. The van der Waals surface area contributed by atoms with Crippen molar-refractivity contribution in [1.82, 2.24) is 10.2 Å². The van der Waals surface area contributed by atoms with E-state index in [0.717, 1.165) is 12.8 Å². The molecule has 1 aromatic heterocycles. The molecule has 3 rings (SSSR count). The van der Waals surface area contributed by atoms with Gasteiger partial charge in [-0.05, 0) is 43.0 Å². The Morgan fingerprint density at radius 3 is 2.96 bits per heavy atom. The lowest BCUT2D eigenvalue weighted by Gasteiger charge is -2.26. The summed E-state index contributed by atoms with van der Waals surface area (Å²) in [4.78, 5) is 14.2. The fourth-order valence-corrected chi connectivity index (χ4v) is 3.31. The number of amides is 2. The van der Waals surface area contributed by atoms with E-state index in [4.69, 9.17) is 4.42 Å². The van der Waals surface area contributed by atoms with E-state index in [-0.39, 0.29) is 17.9 Å². The highest BCUT2D eigenvalue weighted by Gasteiger charge is 2.31. The highest BCUT2D eigenvalue weighted by atomic mass is 19.1. The number of halogens is 1. The smallest absolute Gasteiger partial charge is 0.317 e. The van der Waals surface area contributed by atoms with Gasteiger partial charge in [0, 0.05) is 25.6 Å². The molecule has 2 aromatic rings. The van der Waals surface area contributed by atoms with Gasteiger partial charge in [0.25, 0.3) is 0 Å². The van der Waals surface area contributed by atoms with E-state index >= 15 is 0 Å². The van der Waals surface area contributed by atoms with Crippen LogP contribution in [0.2, 0.25) is 0 Å². The molecule has 1 aliphatic heterocycles. The third-order valence-electron chi connectivity index (χ3n) is 4.63. The zero-order valence-electron chi connectivity index (χ0n) is 14.0. The van der Waals surface area contributed by atoms with Crippen molar-refractivity contribution in [3.05, 3.63) is 59.8 Å². The molecule has 25 heavy (non-hydrogen) atoms. The van der Waals surface area contributed by atoms with Crippen molar-refractivity contribution in [2.75, 3.05) is 13.1 Å². The molecule has 2 N–H and O–H groups in total. The van der Waals surface area contributed by atoms with Crippen LogP contribution in [0.3, 0.4) is 0 Å². The molecule has 1 fully saturated rings. The van der Waals surface area contributed by atoms with Crippen molar-refractivity contribution in [3.8, 4) is 0 Å². The predicted octanol–water partition coefficient (Wildman–Crippen LogP) is 3.26. The predicted molar refractivity (Wildman–Crippen MR) is 91.5 cm³/mol. The third-order valence-corrected chi connectivity index (χ3v) is 4.63. The Labute approximate surface area is 146 Å². The lowest BCUT2D eigenvalue weighted by atomic mass is 10.1. The summed E-state index contributed by atoms with van der Waals surface area (Å²) in [6.07, 6.45) is 3.49. The quantitative estimate of drug-likeness (QED) is 0.844. The molecular formula is C19H23FN2O3. The van der Waals surface area contributed by atoms with Gasteiger partial charge in [-0.25, -0.2) is 9.18 Å². The first-order valence-electron chi connectivity index (χ1n) is 8.64. The first kappa shape index (κ1) is 17.5. The highest BCUT2D eigenvalue weighted by molar-refractivity contribution is 5.74. The van der Waals surface area contributed by atoms with Gasteiger partial charge >= 0.3 is 6.03 Å². The molecular weight excluding hydrogens is 323 g/mol. The van der Waals surface area contributed by atoms with Gasteiger partial charge < -0.3 is 19.7 Å². The summed E-state index contributed by atoms with van der Waals surface area (Å²) in [5.74, 6) is 0.268. The van der Waals surface area contributed by atoms with E-state index in [9.17, 15) is 14.3 Å². The minimum absolute atomic E-state index is 0.0199. The van der Waals surface area contributed by atoms with Crippen LogP contribution in [-0.4, -0.2) is 35.2 Å². The molecule has 2 atom stereocenters. The lowest BCUT2D eigenvalue weighted by Crippen LogP contribution is -2.44. The maximum atomic E-state index is 13.6. The maximum absolute atomic E-state index is 13.6. The Morgan fingerprint density at radius 2 is 2.20 bits per heavy atom. The van der Waals surface area contributed by atoms with Crippen LogP contribution in [0.15, 0.2) is 47.1 Å². The minimum atomic E-state index is -0.716. The molecule has 0 spiro atoms. The number of benzene rings is 1. The van der Waals surface area contributed by atoms with Crippen LogP contribution in [0.5, 0.6) is 0 Å². The summed E-state index contributed by atoms with van der Waals surface area (Å²) in [5, 5.41) is 13.1. The normalized spacial score (nSPS) is 18.3. The second-order valence-corrected chi connectivity index (χ2v) is 6.33. The zero-order chi connectivity index (χ0) is 17.6. The molecule has 2 amide bonds. The van der Waals surface area contributed by atoms with Crippen LogP contribution in [0.1, 0.15) is 36.7 Å². The minimum Gasteiger partial charge on any atom is -0.467 e. The number of rotatable bonds is 6. The molecule has 1 saturated heterocycles. The maximum Gasteiger partial charge on any atom is 0.317 e. The number of aliphatic hydroxyl groups is 1. The monoisotopic (exact) mass is 346 g/mol. The Morgan fingerprint density at radius 1 is 1.36 bits per heavy atom. The Balaban J connectivity index is 1.49. The fraction of sp³-hybridized carbons (Fsp3) is 0.421. The largest absolute Gasteiger partial charge is 0.467 e. The van der Waals surface area contributed by atoms with Gasteiger partial charge in [-0.15, -0.1) is 0 Å². The van der Waals surface area contributed by atoms with Crippen molar-refractivity contribution in [2.45, 2.75) is 37.8 Å². The van der Waals surface area contributed by atoms with Crippen LogP contribution in [-0.2, 0) is 6.42 Å². The number of carbonyl (C=O) groups is 1. The summed E-state index contributed by atoms with van der Waals surface area (Å²) in [7, 11) is 0. The number of nitrogens with zero attached hydrogens (tertiary/aromatic N) is 1. The molecule has 1 aromatic carbocycles. The van der Waals surface area contributed by atoms with Gasteiger partial charge in [-0.1, -0.05) is 18.2 Å². The number of urea groups is 1. The van der Waals surface area contributed by atoms with Crippen LogP contribution >= 0.6 is 0 Å². The van der Waals surface area contributed by atoms with E-state index in [1.54, 1.807) is 35.2 Å². The molecule has 134 valence electrons. The van der Waals surface area contributed by atoms with Gasteiger partial charge in [0.1, 0.15) is 17.7 Å².